The Kier molecular flexibility index (Phi) is 4.56. The van der Waals surface area contributed by atoms with E-state index in [1.54, 1.807) is 18.2 Å². The summed E-state index contributed by atoms with van der Waals surface area (Å²) in [7, 11) is 0. The number of alkyl halides is 3. The highest BCUT2D eigenvalue weighted by Crippen LogP contribution is 2.32. The van der Waals surface area contributed by atoms with Crippen LogP contribution in [0.4, 0.5) is 19.0 Å². The molecular formula is C18H10F3N3O3. The third-order valence-electron chi connectivity index (χ3n) is 3.54. The van der Waals surface area contributed by atoms with Crippen molar-refractivity contribution in [2.75, 3.05) is 5.73 Å². The van der Waals surface area contributed by atoms with Gasteiger partial charge in [0.1, 0.15) is 29.0 Å². The van der Waals surface area contributed by atoms with Crippen molar-refractivity contribution < 1.29 is 27.1 Å². The first-order valence-corrected chi connectivity index (χ1v) is 7.43. The first kappa shape index (κ1) is 18.0. The Balaban J connectivity index is 1.95. The smallest absolute Gasteiger partial charge is 0.464 e. The Morgan fingerprint density at radius 1 is 1.22 bits per heavy atom. The van der Waals surface area contributed by atoms with E-state index in [0.29, 0.717) is 22.6 Å². The van der Waals surface area contributed by atoms with Crippen molar-refractivity contribution in [3.63, 3.8) is 0 Å². The van der Waals surface area contributed by atoms with E-state index in [1.165, 1.54) is 30.5 Å². The molecule has 0 aliphatic carbocycles. The largest absolute Gasteiger partial charge is 0.491 e. The summed E-state index contributed by atoms with van der Waals surface area (Å²) >= 11 is 0. The molecule has 3 rings (SSSR count). The standard InChI is InChI=1S/C18H10F3N3O3/c19-18(20,21)17(25)27-11-5-3-10(4-6-11)14-8-12(15-2-1-7-26-15)13(9-22)16(23)24-14/h1-8H,(H2,23,24). The molecule has 1 aromatic carbocycles. The number of hydrogen-bond donors (Lipinski definition) is 1. The highest BCUT2D eigenvalue weighted by atomic mass is 19.4. The number of carbonyl (C=O) groups excluding carboxylic acids is 1. The molecule has 0 saturated heterocycles. The molecule has 9 heteroatoms. The number of rotatable bonds is 3. The summed E-state index contributed by atoms with van der Waals surface area (Å²) in [6.45, 7) is 0. The molecule has 0 saturated carbocycles. The van der Waals surface area contributed by atoms with Gasteiger partial charge < -0.3 is 14.9 Å². The average molecular weight is 373 g/mol. The lowest BCUT2D eigenvalue weighted by atomic mass is 10.0. The lowest BCUT2D eigenvalue weighted by Gasteiger charge is -2.10. The topological polar surface area (TPSA) is 102 Å². The Hall–Kier alpha value is -3.80. The van der Waals surface area contributed by atoms with Crippen molar-refractivity contribution in [1.29, 1.82) is 5.26 Å². The lowest BCUT2D eigenvalue weighted by Crippen LogP contribution is -2.27. The first-order chi connectivity index (χ1) is 12.8. The third kappa shape index (κ3) is 3.74. The minimum absolute atomic E-state index is 0.0195. The van der Waals surface area contributed by atoms with E-state index in [0.717, 1.165) is 0 Å². The fourth-order valence-corrected chi connectivity index (χ4v) is 2.31. The fraction of sp³-hybridized carbons (Fsp3) is 0.0556. The zero-order valence-corrected chi connectivity index (χ0v) is 13.4. The van der Waals surface area contributed by atoms with Crippen LogP contribution >= 0.6 is 0 Å². The molecule has 0 fully saturated rings. The monoisotopic (exact) mass is 373 g/mol. The van der Waals surface area contributed by atoms with Gasteiger partial charge in [0.15, 0.2) is 0 Å². The quantitative estimate of drug-likeness (QED) is 0.551. The number of furan rings is 1. The highest BCUT2D eigenvalue weighted by molar-refractivity contribution is 5.79. The van der Waals surface area contributed by atoms with Gasteiger partial charge in [-0.1, -0.05) is 0 Å². The predicted octanol–water partition coefficient (Wildman–Crippen LogP) is 3.93. The number of halogens is 3. The van der Waals surface area contributed by atoms with E-state index >= 15 is 0 Å². The molecule has 0 radical (unpaired) electrons. The molecule has 2 N–H and O–H groups in total. The molecule has 0 atom stereocenters. The summed E-state index contributed by atoms with van der Waals surface area (Å²) < 4.78 is 46.3. The number of nitriles is 1. The van der Waals surface area contributed by atoms with Gasteiger partial charge in [0.05, 0.1) is 12.0 Å². The molecular weight excluding hydrogens is 363 g/mol. The van der Waals surface area contributed by atoms with Crippen LogP contribution in [0.5, 0.6) is 5.75 Å². The van der Waals surface area contributed by atoms with Crippen LogP contribution in [0.15, 0.2) is 53.1 Å². The van der Waals surface area contributed by atoms with Crippen molar-refractivity contribution >= 4 is 11.8 Å². The fourth-order valence-electron chi connectivity index (χ4n) is 2.31. The Morgan fingerprint density at radius 3 is 2.48 bits per heavy atom. The van der Waals surface area contributed by atoms with Crippen molar-refractivity contribution in [3.05, 3.63) is 54.3 Å². The van der Waals surface area contributed by atoms with Crippen molar-refractivity contribution in [2.45, 2.75) is 6.18 Å². The maximum atomic E-state index is 12.2. The lowest BCUT2D eigenvalue weighted by molar-refractivity contribution is -0.189. The predicted molar refractivity (Wildman–Crippen MR) is 88.2 cm³/mol. The third-order valence-corrected chi connectivity index (χ3v) is 3.54. The summed E-state index contributed by atoms with van der Waals surface area (Å²) in [5.41, 5.74) is 7.28. The van der Waals surface area contributed by atoms with Crippen LogP contribution in [0.2, 0.25) is 0 Å². The van der Waals surface area contributed by atoms with Crippen LogP contribution < -0.4 is 10.5 Å². The molecule has 2 aromatic heterocycles. The van der Waals surface area contributed by atoms with Gasteiger partial charge in [-0.25, -0.2) is 9.78 Å². The van der Waals surface area contributed by atoms with Gasteiger partial charge in [0.25, 0.3) is 0 Å². The molecule has 0 aliphatic heterocycles. The second-order valence-electron chi connectivity index (χ2n) is 5.32. The SMILES string of the molecule is N#Cc1c(-c2ccco2)cc(-c2ccc(OC(=O)C(F)(F)F)cc2)nc1N. The Morgan fingerprint density at radius 2 is 1.93 bits per heavy atom. The molecule has 0 spiro atoms. The van der Waals surface area contributed by atoms with Crippen molar-refractivity contribution in [1.82, 2.24) is 4.98 Å². The number of nitrogens with zero attached hydrogens (tertiary/aromatic N) is 2. The number of ether oxygens (including phenoxy) is 1. The van der Waals surface area contributed by atoms with Crippen LogP contribution in [0.1, 0.15) is 5.56 Å². The maximum Gasteiger partial charge on any atom is 0.491 e. The van der Waals surface area contributed by atoms with E-state index in [9.17, 15) is 23.2 Å². The van der Waals surface area contributed by atoms with E-state index in [-0.39, 0.29) is 17.1 Å². The molecule has 2 heterocycles. The Labute approximate surface area is 150 Å². The van der Waals surface area contributed by atoms with Crippen molar-refractivity contribution in [2.24, 2.45) is 0 Å². The average Bonchev–Trinajstić information content (AvgIpc) is 3.15. The van der Waals surface area contributed by atoms with Gasteiger partial charge in [0, 0.05) is 11.1 Å². The molecule has 6 nitrogen and oxygen atoms in total. The van der Waals surface area contributed by atoms with Crippen LogP contribution in [0, 0.1) is 11.3 Å². The van der Waals surface area contributed by atoms with Crippen LogP contribution in [0.3, 0.4) is 0 Å². The summed E-state index contributed by atoms with van der Waals surface area (Å²) in [6, 6.07) is 12.1. The van der Waals surface area contributed by atoms with Crippen LogP contribution in [-0.4, -0.2) is 17.1 Å². The first-order valence-electron chi connectivity index (χ1n) is 7.43. The van der Waals surface area contributed by atoms with Crippen LogP contribution in [0.25, 0.3) is 22.6 Å². The molecule has 3 aromatic rings. The molecule has 0 unspecified atom stereocenters. The van der Waals surface area contributed by atoms with E-state index in [1.807, 2.05) is 6.07 Å². The van der Waals surface area contributed by atoms with Gasteiger partial charge in [-0.05, 0) is 42.5 Å². The second kappa shape index (κ2) is 6.84. The zero-order chi connectivity index (χ0) is 19.6. The Bertz CT molecular complexity index is 1020. The number of pyridine rings is 1. The van der Waals surface area contributed by atoms with Gasteiger partial charge >= 0.3 is 12.1 Å². The minimum Gasteiger partial charge on any atom is -0.464 e. The van der Waals surface area contributed by atoms with Gasteiger partial charge in [-0.15, -0.1) is 0 Å². The summed E-state index contributed by atoms with van der Waals surface area (Å²) in [6.07, 6.45) is -3.64. The number of anilines is 1. The summed E-state index contributed by atoms with van der Waals surface area (Å²) in [5.74, 6) is -2.18. The minimum atomic E-state index is -5.08. The van der Waals surface area contributed by atoms with Crippen LogP contribution in [-0.2, 0) is 4.79 Å². The second-order valence-corrected chi connectivity index (χ2v) is 5.32. The summed E-state index contributed by atoms with van der Waals surface area (Å²) in [4.78, 5) is 15.0. The van der Waals surface area contributed by atoms with Gasteiger partial charge in [-0.2, -0.15) is 18.4 Å². The number of nitrogens with two attached hydrogens (primary N) is 1. The molecule has 0 bridgehead atoms. The summed E-state index contributed by atoms with van der Waals surface area (Å²) in [5, 5.41) is 9.29. The number of benzene rings is 1. The molecule has 27 heavy (non-hydrogen) atoms. The van der Waals surface area contributed by atoms with E-state index in [2.05, 4.69) is 9.72 Å². The number of esters is 1. The van der Waals surface area contributed by atoms with E-state index < -0.39 is 12.1 Å². The van der Waals surface area contributed by atoms with Gasteiger partial charge in [0.2, 0.25) is 0 Å². The normalized spacial score (nSPS) is 11.0. The number of hydrogen-bond acceptors (Lipinski definition) is 6. The maximum absolute atomic E-state index is 12.2. The molecule has 0 amide bonds. The molecule has 0 aliphatic rings. The van der Waals surface area contributed by atoms with E-state index in [4.69, 9.17) is 10.2 Å². The number of aromatic nitrogens is 1. The number of carbonyl (C=O) groups is 1. The highest BCUT2D eigenvalue weighted by Gasteiger charge is 2.41. The number of nitrogen functional groups attached to an aromatic ring is 1. The zero-order valence-electron chi connectivity index (χ0n) is 13.4. The van der Waals surface area contributed by atoms with Crippen molar-refractivity contribution in [3.8, 4) is 34.4 Å². The molecule has 136 valence electrons. The van der Waals surface area contributed by atoms with Gasteiger partial charge in [-0.3, -0.25) is 0 Å².